The molecule has 0 spiro atoms. The summed E-state index contributed by atoms with van der Waals surface area (Å²) in [5.74, 6) is 0.682. The van der Waals surface area contributed by atoms with E-state index in [0.29, 0.717) is 8.83 Å². The molecular weight excluding hydrogens is 334 g/mol. The van der Waals surface area contributed by atoms with Crippen molar-refractivity contribution >= 4 is 46.6 Å². The summed E-state index contributed by atoms with van der Waals surface area (Å²) in [5, 5.41) is 8.38. The van der Waals surface area contributed by atoms with Crippen LogP contribution in [0.5, 0.6) is 0 Å². The number of benzene rings is 1. The van der Waals surface area contributed by atoms with Crippen LogP contribution in [0.4, 0.5) is 5.82 Å². The summed E-state index contributed by atoms with van der Waals surface area (Å²) in [6.07, 6.45) is -0.223. The third-order valence-electron chi connectivity index (χ3n) is 3.42. The minimum Gasteiger partial charge on any atom is -0.345 e. The smallest absolute Gasteiger partial charge is 0.267 e. The second-order valence-corrected chi connectivity index (χ2v) is 7.41. The fourth-order valence-corrected chi connectivity index (χ4v) is 4.47. The van der Waals surface area contributed by atoms with E-state index in [-0.39, 0.29) is 12.1 Å². The Morgan fingerprint density at radius 2 is 1.91 bits per heavy atom. The van der Waals surface area contributed by atoms with Gasteiger partial charge in [-0.05, 0) is 35.8 Å². The van der Waals surface area contributed by atoms with Crippen molar-refractivity contribution in [3.05, 3.63) is 61.6 Å². The summed E-state index contributed by atoms with van der Waals surface area (Å²) >= 11 is 8.39. The standard InChI is InChI=1S/C15H11N3OS3/c19-14-11-13(16-12(17-14)10-7-4-8-21-10)18(15(20)22-11)9-5-2-1-3-6-9/h1-8,12,16H,(H,17,19)/t12-/m1/s1. The number of hydrogen-bond donors (Lipinski definition) is 2. The van der Waals surface area contributed by atoms with E-state index < -0.39 is 0 Å². The lowest BCUT2D eigenvalue weighted by molar-refractivity contribution is 0.0940. The molecule has 0 aliphatic carbocycles. The van der Waals surface area contributed by atoms with E-state index in [0.717, 1.165) is 16.4 Å². The molecule has 1 aliphatic rings. The summed E-state index contributed by atoms with van der Waals surface area (Å²) in [4.78, 5) is 14.1. The molecule has 1 atom stereocenters. The maximum absolute atomic E-state index is 12.4. The van der Waals surface area contributed by atoms with E-state index in [1.807, 2.05) is 52.4 Å². The predicted molar refractivity (Wildman–Crippen MR) is 92.6 cm³/mol. The summed E-state index contributed by atoms with van der Waals surface area (Å²) in [5.41, 5.74) is 0.956. The Morgan fingerprint density at radius 3 is 2.64 bits per heavy atom. The van der Waals surface area contributed by atoms with Gasteiger partial charge in [-0.15, -0.1) is 11.3 Å². The third-order valence-corrected chi connectivity index (χ3v) is 5.73. The molecule has 0 unspecified atom stereocenters. The molecule has 1 amide bonds. The SMILES string of the molecule is O=C1N[C@H](c2cccs2)Nc2c1sc(=S)n2-c1ccccc1. The molecule has 3 heterocycles. The molecule has 22 heavy (non-hydrogen) atoms. The Hall–Kier alpha value is -1.96. The van der Waals surface area contributed by atoms with E-state index in [9.17, 15) is 4.79 Å². The highest BCUT2D eigenvalue weighted by molar-refractivity contribution is 7.73. The van der Waals surface area contributed by atoms with Gasteiger partial charge in [-0.3, -0.25) is 9.36 Å². The molecule has 0 bridgehead atoms. The molecule has 0 fully saturated rings. The van der Waals surface area contributed by atoms with Crippen LogP contribution in [0.25, 0.3) is 5.69 Å². The maximum atomic E-state index is 12.4. The molecule has 2 aromatic heterocycles. The first-order valence-corrected chi connectivity index (χ1v) is 8.76. The summed E-state index contributed by atoms with van der Waals surface area (Å²) in [7, 11) is 0. The highest BCUT2D eigenvalue weighted by atomic mass is 32.1. The molecule has 0 saturated carbocycles. The quantitative estimate of drug-likeness (QED) is 0.685. The molecule has 4 rings (SSSR count). The van der Waals surface area contributed by atoms with Crippen molar-refractivity contribution in [3.63, 3.8) is 0 Å². The molecule has 3 aromatic rings. The summed E-state index contributed by atoms with van der Waals surface area (Å²) in [6.45, 7) is 0. The van der Waals surface area contributed by atoms with Crippen molar-refractivity contribution in [1.29, 1.82) is 0 Å². The topological polar surface area (TPSA) is 46.1 Å². The number of carbonyl (C=O) groups excluding carboxylic acids is 1. The average Bonchev–Trinajstić information content (AvgIpc) is 3.15. The van der Waals surface area contributed by atoms with Gasteiger partial charge in [0.2, 0.25) is 0 Å². The number of anilines is 1. The molecule has 4 nitrogen and oxygen atoms in total. The number of nitrogens with zero attached hydrogens (tertiary/aromatic N) is 1. The number of carbonyl (C=O) groups is 1. The zero-order valence-corrected chi connectivity index (χ0v) is 13.7. The van der Waals surface area contributed by atoms with Gasteiger partial charge < -0.3 is 10.6 Å². The van der Waals surface area contributed by atoms with Crippen molar-refractivity contribution in [2.75, 3.05) is 5.32 Å². The number of rotatable bonds is 2. The largest absolute Gasteiger partial charge is 0.345 e. The van der Waals surface area contributed by atoms with Crippen molar-refractivity contribution in [2.45, 2.75) is 6.17 Å². The Kier molecular flexibility index (Phi) is 3.33. The number of aromatic nitrogens is 1. The van der Waals surface area contributed by atoms with Gasteiger partial charge in [0.15, 0.2) is 3.95 Å². The lowest BCUT2D eigenvalue weighted by atomic mass is 10.2. The second-order valence-electron chi connectivity index (χ2n) is 4.78. The molecule has 2 N–H and O–H groups in total. The van der Waals surface area contributed by atoms with Crippen LogP contribution < -0.4 is 10.6 Å². The van der Waals surface area contributed by atoms with Crippen LogP contribution in [0.3, 0.4) is 0 Å². The number of hydrogen-bond acceptors (Lipinski definition) is 5. The Balaban J connectivity index is 1.85. The second kappa shape index (κ2) is 5.35. The van der Waals surface area contributed by atoms with Gasteiger partial charge in [0, 0.05) is 10.6 Å². The van der Waals surface area contributed by atoms with Gasteiger partial charge in [0.05, 0.1) is 0 Å². The van der Waals surface area contributed by atoms with E-state index in [1.165, 1.54) is 11.3 Å². The normalized spacial score (nSPS) is 16.7. The third kappa shape index (κ3) is 2.18. The average molecular weight is 345 g/mol. The van der Waals surface area contributed by atoms with Gasteiger partial charge in [0.25, 0.3) is 5.91 Å². The van der Waals surface area contributed by atoms with Crippen molar-refractivity contribution in [2.24, 2.45) is 0 Å². The van der Waals surface area contributed by atoms with Crippen LogP contribution in [-0.4, -0.2) is 10.5 Å². The lowest BCUT2D eigenvalue weighted by Crippen LogP contribution is -2.38. The fraction of sp³-hybridized carbons (Fsp3) is 0.0667. The minimum atomic E-state index is -0.223. The number of thiophene rings is 1. The fourth-order valence-electron chi connectivity index (χ4n) is 2.44. The van der Waals surface area contributed by atoms with E-state index in [4.69, 9.17) is 12.2 Å². The highest BCUT2D eigenvalue weighted by Gasteiger charge is 2.30. The molecule has 0 saturated heterocycles. The van der Waals surface area contributed by atoms with E-state index in [1.54, 1.807) is 11.3 Å². The zero-order valence-electron chi connectivity index (χ0n) is 11.3. The molecular formula is C15H11N3OS3. The molecule has 110 valence electrons. The Morgan fingerprint density at radius 1 is 1.09 bits per heavy atom. The predicted octanol–water partition coefficient (Wildman–Crippen LogP) is 4.18. The van der Waals surface area contributed by atoms with Crippen LogP contribution in [0.1, 0.15) is 20.7 Å². The number of fused-ring (bicyclic) bond motifs is 1. The van der Waals surface area contributed by atoms with Crippen LogP contribution in [0.15, 0.2) is 47.8 Å². The van der Waals surface area contributed by atoms with Crippen molar-refractivity contribution in [1.82, 2.24) is 9.88 Å². The van der Waals surface area contributed by atoms with Gasteiger partial charge in [-0.25, -0.2) is 0 Å². The van der Waals surface area contributed by atoms with Gasteiger partial charge in [0.1, 0.15) is 16.9 Å². The minimum absolute atomic E-state index is 0.0852. The highest BCUT2D eigenvalue weighted by Crippen LogP contribution is 2.35. The molecule has 1 aromatic carbocycles. The van der Waals surface area contributed by atoms with Crippen LogP contribution in [0.2, 0.25) is 0 Å². The molecule has 7 heteroatoms. The van der Waals surface area contributed by atoms with E-state index in [2.05, 4.69) is 10.6 Å². The number of amides is 1. The van der Waals surface area contributed by atoms with Crippen LogP contribution >= 0.6 is 34.9 Å². The number of para-hydroxylation sites is 1. The van der Waals surface area contributed by atoms with Crippen LogP contribution in [-0.2, 0) is 0 Å². The number of nitrogens with one attached hydrogen (secondary N) is 2. The monoisotopic (exact) mass is 345 g/mol. The molecule has 0 radical (unpaired) electrons. The summed E-state index contributed by atoms with van der Waals surface area (Å²) in [6, 6.07) is 13.8. The Labute approximate surface area is 140 Å². The first kappa shape index (κ1) is 13.7. The van der Waals surface area contributed by atoms with Gasteiger partial charge in [-0.2, -0.15) is 0 Å². The first-order valence-electron chi connectivity index (χ1n) is 6.66. The van der Waals surface area contributed by atoms with Gasteiger partial charge >= 0.3 is 0 Å². The van der Waals surface area contributed by atoms with Gasteiger partial charge in [-0.1, -0.05) is 35.6 Å². The molecule has 1 aliphatic heterocycles. The zero-order chi connectivity index (χ0) is 15.1. The van der Waals surface area contributed by atoms with Crippen LogP contribution in [0, 0.1) is 3.95 Å². The maximum Gasteiger partial charge on any atom is 0.267 e. The van der Waals surface area contributed by atoms with Crippen molar-refractivity contribution in [3.8, 4) is 5.69 Å². The lowest BCUT2D eigenvalue weighted by Gasteiger charge is -2.26. The number of thiazole rings is 1. The summed E-state index contributed by atoms with van der Waals surface area (Å²) < 4.78 is 2.58. The Bertz CT molecular complexity index is 881. The van der Waals surface area contributed by atoms with E-state index >= 15 is 0 Å². The van der Waals surface area contributed by atoms with Crippen molar-refractivity contribution < 1.29 is 4.79 Å². The first-order chi connectivity index (χ1) is 10.7.